The van der Waals surface area contributed by atoms with E-state index < -0.39 is 0 Å². The third-order valence-electron chi connectivity index (χ3n) is 5.60. The molecule has 0 bridgehead atoms. The molecule has 1 fully saturated rings. The molecule has 0 aliphatic carbocycles. The second-order valence-electron chi connectivity index (χ2n) is 9.07. The summed E-state index contributed by atoms with van der Waals surface area (Å²) in [6.45, 7) is 11.0. The topological polar surface area (TPSA) is 51.1 Å². The molecule has 3 aromatic rings. The lowest BCUT2D eigenvalue weighted by atomic mass is 10.1. The molecular formula is C29H31IN2O3S. The van der Waals surface area contributed by atoms with E-state index in [2.05, 4.69) is 57.9 Å². The van der Waals surface area contributed by atoms with Gasteiger partial charge in [0.15, 0.2) is 16.7 Å². The van der Waals surface area contributed by atoms with Crippen molar-refractivity contribution < 1.29 is 14.3 Å². The highest BCUT2D eigenvalue weighted by Crippen LogP contribution is 2.39. The Hall–Kier alpha value is -2.52. The summed E-state index contributed by atoms with van der Waals surface area (Å²) in [5.41, 5.74) is 2.02. The number of carbonyl (C=O) groups excluding carboxylic acids is 1. The van der Waals surface area contributed by atoms with Crippen molar-refractivity contribution in [2.45, 2.75) is 53.3 Å². The summed E-state index contributed by atoms with van der Waals surface area (Å²) in [6.07, 6.45) is 1.92. The molecule has 1 amide bonds. The molecule has 0 saturated carbocycles. The summed E-state index contributed by atoms with van der Waals surface area (Å²) in [6, 6.07) is 18.7. The lowest BCUT2D eigenvalue weighted by Gasteiger charge is -2.20. The van der Waals surface area contributed by atoms with Crippen LogP contribution < -0.4 is 9.47 Å². The van der Waals surface area contributed by atoms with Gasteiger partial charge in [0, 0.05) is 12.1 Å². The van der Waals surface area contributed by atoms with Crippen LogP contribution in [0.25, 0.3) is 16.8 Å². The van der Waals surface area contributed by atoms with Gasteiger partial charge in [-0.05, 0) is 109 Å². The van der Waals surface area contributed by atoms with Crippen LogP contribution >= 0.6 is 34.4 Å². The van der Waals surface area contributed by atoms with Crippen molar-refractivity contribution in [1.82, 2.24) is 4.90 Å². The smallest absolute Gasteiger partial charge is 0.266 e. The molecule has 0 atom stereocenters. The Morgan fingerprint density at radius 2 is 1.81 bits per heavy atom. The number of benzene rings is 3. The Kier molecular flexibility index (Phi) is 8.62. The van der Waals surface area contributed by atoms with Crippen molar-refractivity contribution in [3.63, 3.8) is 0 Å². The first-order chi connectivity index (χ1) is 17.3. The number of rotatable bonds is 8. The Bertz CT molecular complexity index is 1330. The second kappa shape index (κ2) is 11.7. The van der Waals surface area contributed by atoms with Gasteiger partial charge in [0.1, 0.15) is 6.61 Å². The van der Waals surface area contributed by atoms with Crippen LogP contribution in [0.2, 0.25) is 0 Å². The van der Waals surface area contributed by atoms with Crippen molar-refractivity contribution in [1.29, 1.82) is 0 Å². The second-order valence-corrected chi connectivity index (χ2v) is 11.2. The van der Waals surface area contributed by atoms with Gasteiger partial charge in [-0.25, -0.2) is 0 Å². The van der Waals surface area contributed by atoms with Crippen LogP contribution in [-0.2, 0) is 11.4 Å². The number of thioether (sulfide) groups is 1. The summed E-state index contributed by atoms with van der Waals surface area (Å²) >= 11 is 3.71. The van der Waals surface area contributed by atoms with Gasteiger partial charge in [0.2, 0.25) is 0 Å². The van der Waals surface area contributed by atoms with Crippen LogP contribution in [0.3, 0.4) is 0 Å². The van der Waals surface area contributed by atoms with Gasteiger partial charge in [-0.2, -0.15) is 0 Å². The van der Waals surface area contributed by atoms with Crippen molar-refractivity contribution in [3.8, 4) is 11.5 Å². The molecule has 188 valence electrons. The van der Waals surface area contributed by atoms with E-state index in [0.29, 0.717) is 29.6 Å². The van der Waals surface area contributed by atoms with Crippen LogP contribution in [0.4, 0.5) is 0 Å². The maximum Gasteiger partial charge on any atom is 0.266 e. The van der Waals surface area contributed by atoms with E-state index in [1.54, 1.807) is 4.90 Å². The highest BCUT2D eigenvalue weighted by molar-refractivity contribution is 14.1. The van der Waals surface area contributed by atoms with E-state index >= 15 is 0 Å². The summed E-state index contributed by atoms with van der Waals surface area (Å²) in [5, 5.41) is 3.13. The summed E-state index contributed by atoms with van der Waals surface area (Å²) in [5.74, 6) is 1.37. The molecule has 0 unspecified atom stereocenters. The Labute approximate surface area is 231 Å². The van der Waals surface area contributed by atoms with Crippen LogP contribution in [0, 0.1) is 3.57 Å². The van der Waals surface area contributed by atoms with Crippen LogP contribution in [0.15, 0.2) is 64.5 Å². The maximum atomic E-state index is 13.2. The predicted molar refractivity (Wildman–Crippen MR) is 159 cm³/mol. The molecule has 0 spiro atoms. The van der Waals surface area contributed by atoms with Gasteiger partial charge in [-0.3, -0.25) is 14.7 Å². The third-order valence-corrected chi connectivity index (χ3v) is 7.40. The summed E-state index contributed by atoms with van der Waals surface area (Å²) < 4.78 is 13.2. The summed E-state index contributed by atoms with van der Waals surface area (Å²) in [7, 11) is 0. The largest absolute Gasteiger partial charge is 0.490 e. The van der Waals surface area contributed by atoms with E-state index in [9.17, 15) is 4.79 Å². The Morgan fingerprint density at radius 3 is 2.53 bits per heavy atom. The molecule has 1 aliphatic rings. The highest BCUT2D eigenvalue weighted by Gasteiger charge is 2.35. The minimum atomic E-state index is -0.0151. The standard InChI is InChI=1S/C29H31IN2O3S/c1-6-34-25-15-20(16-26-28(33)32(19(4)5)29(36-26)31-18(2)3)14-24(30)27(25)35-17-22-12-9-11-21-10-7-8-13-23(21)22/h7-16,18-19H,6,17H2,1-5H3/b26-16+,31-29?. The number of aliphatic imine (C=N–C) groups is 1. The molecule has 1 aliphatic heterocycles. The first-order valence-corrected chi connectivity index (χ1v) is 14.0. The number of fused-ring (bicyclic) bond motifs is 1. The third kappa shape index (κ3) is 5.89. The first-order valence-electron chi connectivity index (χ1n) is 12.1. The van der Waals surface area contributed by atoms with Gasteiger partial charge in [-0.1, -0.05) is 42.5 Å². The fraction of sp³-hybridized carbons (Fsp3) is 0.310. The number of halogens is 1. The predicted octanol–water partition coefficient (Wildman–Crippen LogP) is 7.51. The normalized spacial score (nSPS) is 16.2. The van der Waals surface area contributed by atoms with Crippen LogP contribution in [0.1, 0.15) is 45.7 Å². The zero-order valence-electron chi connectivity index (χ0n) is 21.2. The van der Waals surface area contributed by atoms with Crippen molar-refractivity contribution in [3.05, 3.63) is 74.2 Å². The van der Waals surface area contributed by atoms with Gasteiger partial charge in [0.05, 0.1) is 15.1 Å². The highest BCUT2D eigenvalue weighted by atomic mass is 127. The molecule has 4 rings (SSSR count). The molecule has 3 aromatic carbocycles. The summed E-state index contributed by atoms with van der Waals surface area (Å²) in [4.78, 5) is 20.3. The molecule has 36 heavy (non-hydrogen) atoms. The number of ether oxygens (including phenoxy) is 2. The number of amidine groups is 1. The zero-order chi connectivity index (χ0) is 25.8. The van der Waals surface area contributed by atoms with Crippen molar-refractivity contribution >= 4 is 62.3 Å². The molecule has 7 heteroatoms. The van der Waals surface area contributed by atoms with Crippen molar-refractivity contribution in [2.24, 2.45) is 4.99 Å². The fourth-order valence-corrected chi connectivity index (χ4v) is 6.06. The van der Waals surface area contributed by atoms with E-state index in [-0.39, 0.29) is 18.0 Å². The lowest BCUT2D eigenvalue weighted by molar-refractivity contribution is -0.123. The minimum absolute atomic E-state index is 0.0151. The molecule has 0 aromatic heterocycles. The van der Waals surface area contributed by atoms with E-state index in [1.165, 1.54) is 22.5 Å². The molecular weight excluding hydrogens is 583 g/mol. The number of nitrogens with zero attached hydrogens (tertiary/aromatic N) is 2. The van der Waals surface area contributed by atoms with Crippen LogP contribution in [-0.4, -0.2) is 34.7 Å². The Balaban J connectivity index is 1.64. The molecule has 1 heterocycles. The monoisotopic (exact) mass is 614 g/mol. The Morgan fingerprint density at radius 1 is 1.06 bits per heavy atom. The zero-order valence-corrected chi connectivity index (χ0v) is 24.2. The average Bonchev–Trinajstić information content (AvgIpc) is 3.12. The average molecular weight is 615 g/mol. The van der Waals surface area contributed by atoms with Gasteiger partial charge < -0.3 is 9.47 Å². The first kappa shape index (κ1) is 26.5. The van der Waals surface area contributed by atoms with Crippen molar-refractivity contribution in [2.75, 3.05) is 6.61 Å². The SMILES string of the molecule is CCOc1cc(/C=C2/SC(=NC(C)C)N(C(C)C)C2=O)cc(I)c1OCc1cccc2ccccc12. The molecule has 1 saturated heterocycles. The minimum Gasteiger partial charge on any atom is -0.490 e. The van der Waals surface area contributed by atoms with E-state index in [4.69, 9.17) is 9.47 Å². The van der Waals surface area contributed by atoms with Gasteiger partial charge in [-0.15, -0.1) is 0 Å². The number of carbonyl (C=O) groups is 1. The number of amides is 1. The fourth-order valence-electron chi connectivity index (χ4n) is 4.05. The maximum absolute atomic E-state index is 13.2. The van der Waals surface area contributed by atoms with E-state index in [0.717, 1.165) is 19.9 Å². The van der Waals surface area contributed by atoms with Gasteiger partial charge in [0.25, 0.3) is 5.91 Å². The molecule has 5 nitrogen and oxygen atoms in total. The molecule has 0 N–H and O–H groups in total. The molecule has 0 radical (unpaired) electrons. The quantitative estimate of drug-likeness (QED) is 0.195. The lowest BCUT2D eigenvalue weighted by Crippen LogP contribution is -2.35. The number of hydrogen-bond acceptors (Lipinski definition) is 5. The van der Waals surface area contributed by atoms with Gasteiger partial charge >= 0.3 is 0 Å². The van der Waals surface area contributed by atoms with Crippen LogP contribution in [0.5, 0.6) is 11.5 Å². The number of hydrogen-bond donors (Lipinski definition) is 0. The van der Waals surface area contributed by atoms with E-state index in [1.807, 2.05) is 65.0 Å².